The highest BCUT2D eigenvalue weighted by molar-refractivity contribution is 5.94. The molecule has 3 heterocycles. The van der Waals surface area contributed by atoms with Crippen LogP contribution in [0.25, 0.3) is 28.2 Å². The highest BCUT2D eigenvalue weighted by atomic mass is 16.2. The van der Waals surface area contributed by atoms with Crippen molar-refractivity contribution < 1.29 is 4.79 Å². The lowest BCUT2D eigenvalue weighted by Gasteiger charge is -2.32. The fourth-order valence-electron chi connectivity index (χ4n) is 4.59. The molecule has 2 aromatic heterocycles. The van der Waals surface area contributed by atoms with E-state index in [9.17, 15) is 4.79 Å². The van der Waals surface area contributed by atoms with Gasteiger partial charge in [-0.2, -0.15) is 5.26 Å². The molecule has 1 saturated heterocycles. The number of carbonyl (C=O) groups is 1. The Kier molecular flexibility index (Phi) is 6.07. The number of carbonyl (C=O) groups excluding carboxylic acids is 1. The number of imidazole rings is 1. The van der Waals surface area contributed by atoms with Gasteiger partial charge in [0.2, 0.25) is 0 Å². The molecule has 2 aromatic carbocycles. The number of nitrogens with zero attached hydrogens (tertiary/aromatic N) is 5. The lowest BCUT2D eigenvalue weighted by molar-refractivity contribution is 0.0688. The maximum Gasteiger partial charge on any atom is 0.253 e. The molecule has 0 atom stereocenters. The first-order valence-electron chi connectivity index (χ1n) is 11.6. The van der Waals surface area contributed by atoms with Crippen molar-refractivity contribution in [2.45, 2.75) is 19.3 Å². The third-order valence-corrected chi connectivity index (χ3v) is 6.61. The average Bonchev–Trinajstić information content (AvgIpc) is 3.32. The standard InChI is InChI=1S/C27H26N6O/c28-12-9-19-10-13-32(14-11-19)27(34)23-7-5-21(6-8-23)24-18-33-25(16-31-26(33)17-30-24)22-3-1-20(15-29)2-4-22/h1-8,16-19H,9-14,28H2. The van der Waals surface area contributed by atoms with Crippen LogP contribution in [0.5, 0.6) is 0 Å². The van der Waals surface area contributed by atoms with E-state index in [2.05, 4.69) is 16.0 Å². The number of rotatable bonds is 5. The van der Waals surface area contributed by atoms with E-state index in [1.807, 2.05) is 51.9 Å². The molecule has 1 aliphatic rings. The molecule has 2 N–H and O–H groups in total. The zero-order chi connectivity index (χ0) is 23.5. The van der Waals surface area contributed by atoms with E-state index in [1.54, 1.807) is 24.5 Å². The van der Waals surface area contributed by atoms with Crippen LogP contribution in [0, 0.1) is 17.2 Å². The Bertz CT molecular complexity index is 1340. The smallest absolute Gasteiger partial charge is 0.253 e. The van der Waals surface area contributed by atoms with Gasteiger partial charge in [-0.25, -0.2) is 4.98 Å². The lowest BCUT2D eigenvalue weighted by atomic mass is 9.93. The van der Waals surface area contributed by atoms with E-state index in [0.717, 1.165) is 60.5 Å². The number of benzene rings is 2. The molecule has 0 aliphatic carbocycles. The molecule has 0 unspecified atom stereocenters. The van der Waals surface area contributed by atoms with Crippen LogP contribution in [0.2, 0.25) is 0 Å². The molecular weight excluding hydrogens is 424 g/mol. The van der Waals surface area contributed by atoms with Gasteiger partial charge < -0.3 is 10.6 Å². The predicted octanol–water partition coefficient (Wildman–Crippen LogP) is 4.14. The van der Waals surface area contributed by atoms with Crippen LogP contribution in [0.1, 0.15) is 35.2 Å². The summed E-state index contributed by atoms with van der Waals surface area (Å²) >= 11 is 0. The van der Waals surface area contributed by atoms with E-state index < -0.39 is 0 Å². The third kappa shape index (κ3) is 4.28. The van der Waals surface area contributed by atoms with E-state index in [4.69, 9.17) is 11.0 Å². The number of fused-ring (bicyclic) bond motifs is 1. The topological polar surface area (TPSA) is 100 Å². The first-order chi connectivity index (χ1) is 16.7. The summed E-state index contributed by atoms with van der Waals surface area (Å²) in [6, 6.07) is 17.2. The minimum Gasteiger partial charge on any atom is -0.339 e. The molecule has 5 rings (SSSR count). The van der Waals surface area contributed by atoms with Crippen LogP contribution in [0.4, 0.5) is 0 Å². The van der Waals surface area contributed by atoms with Gasteiger partial charge in [0.1, 0.15) is 0 Å². The van der Waals surface area contributed by atoms with Crippen LogP contribution in [0.15, 0.2) is 67.1 Å². The zero-order valence-electron chi connectivity index (χ0n) is 18.9. The number of hydrogen-bond donors (Lipinski definition) is 1. The van der Waals surface area contributed by atoms with Gasteiger partial charge in [-0.15, -0.1) is 0 Å². The van der Waals surface area contributed by atoms with Crippen molar-refractivity contribution in [1.29, 1.82) is 5.26 Å². The lowest BCUT2D eigenvalue weighted by Crippen LogP contribution is -2.38. The van der Waals surface area contributed by atoms with Gasteiger partial charge in [0.25, 0.3) is 5.91 Å². The van der Waals surface area contributed by atoms with Crippen molar-refractivity contribution in [1.82, 2.24) is 19.3 Å². The summed E-state index contributed by atoms with van der Waals surface area (Å²) in [7, 11) is 0. The van der Waals surface area contributed by atoms with Gasteiger partial charge in [0.15, 0.2) is 5.65 Å². The summed E-state index contributed by atoms with van der Waals surface area (Å²) in [5.74, 6) is 0.716. The van der Waals surface area contributed by atoms with Gasteiger partial charge in [-0.1, -0.05) is 24.3 Å². The molecule has 0 saturated carbocycles. The molecule has 0 bridgehead atoms. The molecule has 0 radical (unpaired) electrons. The van der Waals surface area contributed by atoms with Gasteiger partial charge in [0, 0.05) is 36.0 Å². The molecule has 34 heavy (non-hydrogen) atoms. The molecule has 0 spiro atoms. The molecule has 4 aromatic rings. The van der Waals surface area contributed by atoms with Crippen LogP contribution in [-0.2, 0) is 0 Å². The SMILES string of the molecule is N#Cc1ccc(-c2cnc3cnc(-c4ccc(C(=O)N5CCC(CCN)CC5)cc4)cn23)cc1. The Morgan fingerprint density at radius 2 is 1.71 bits per heavy atom. The fraction of sp³-hybridized carbons (Fsp3) is 0.259. The molecule has 1 aliphatic heterocycles. The quantitative estimate of drug-likeness (QED) is 0.493. The molecule has 1 fully saturated rings. The molecule has 7 nitrogen and oxygen atoms in total. The van der Waals surface area contributed by atoms with Crippen molar-refractivity contribution >= 4 is 11.6 Å². The summed E-state index contributed by atoms with van der Waals surface area (Å²) in [6.45, 7) is 2.30. The van der Waals surface area contributed by atoms with Crippen LogP contribution in [-0.4, -0.2) is 44.8 Å². The minimum atomic E-state index is 0.0823. The summed E-state index contributed by atoms with van der Waals surface area (Å²) in [5.41, 5.74) is 11.4. The summed E-state index contributed by atoms with van der Waals surface area (Å²) in [5, 5.41) is 9.05. The number of aromatic nitrogens is 3. The predicted molar refractivity (Wildman–Crippen MR) is 131 cm³/mol. The third-order valence-electron chi connectivity index (χ3n) is 6.61. The Labute approximate surface area is 198 Å². The van der Waals surface area contributed by atoms with Gasteiger partial charge in [0.05, 0.1) is 35.4 Å². The highest BCUT2D eigenvalue weighted by Crippen LogP contribution is 2.25. The Balaban J connectivity index is 1.36. The van der Waals surface area contributed by atoms with Gasteiger partial charge in [-0.05, 0) is 56.0 Å². The van der Waals surface area contributed by atoms with Gasteiger partial charge >= 0.3 is 0 Å². The average molecular weight is 451 g/mol. The van der Waals surface area contributed by atoms with Crippen LogP contribution < -0.4 is 5.73 Å². The summed E-state index contributed by atoms with van der Waals surface area (Å²) in [6.07, 6.45) is 8.59. The second kappa shape index (κ2) is 9.46. The van der Waals surface area contributed by atoms with Crippen molar-refractivity contribution in [3.63, 3.8) is 0 Å². The normalized spacial score (nSPS) is 14.3. The Hall–Kier alpha value is -4.02. The number of piperidine rings is 1. The summed E-state index contributed by atoms with van der Waals surface area (Å²) < 4.78 is 1.99. The zero-order valence-corrected chi connectivity index (χ0v) is 18.9. The molecule has 1 amide bonds. The Morgan fingerprint density at radius 1 is 1.00 bits per heavy atom. The largest absolute Gasteiger partial charge is 0.339 e. The first kappa shape index (κ1) is 21.8. The highest BCUT2D eigenvalue weighted by Gasteiger charge is 2.23. The van der Waals surface area contributed by atoms with Crippen molar-refractivity contribution in [2.75, 3.05) is 19.6 Å². The van der Waals surface area contributed by atoms with Gasteiger partial charge in [-0.3, -0.25) is 14.2 Å². The number of nitriles is 1. The van der Waals surface area contributed by atoms with E-state index >= 15 is 0 Å². The maximum atomic E-state index is 13.0. The number of amides is 1. The summed E-state index contributed by atoms with van der Waals surface area (Å²) in [4.78, 5) is 23.9. The maximum absolute atomic E-state index is 13.0. The van der Waals surface area contributed by atoms with Crippen molar-refractivity contribution in [3.8, 4) is 28.6 Å². The number of hydrogen-bond acceptors (Lipinski definition) is 5. The molecule has 7 heteroatoms. The van der Waals surface area contributed by atoms with Crippen molar-refractivity contribution in [3.05, 3.63) is 78.2 Å². The molecule has 170 valence electrons. The second-order valence-corrected chi connectivity index (χ2v) is 8.72. The number of likely N-dealkylation sites (tertiary alicyclic amines) is 1. The first-order valence-corrected chi connectivity index (χ1v) is 11.6. The van der Waals surface area contributed by atoms with Crippen LogP contribution in [0.3, 0.4) is 0 Å². The number of nitrogens with two attached hydrogens (primary N) is 1. The van der Waals surface area contributed by atoms with E-state index in [-0.39, 0.29) is 5.91 Å². The van der Waals surface area contributed by atoms with Crippen molar-refractivity contribution in [2.24, 2.45) is 11.7 Å². The second-order valence-electron chi connectivity index (χ2n) is 8.72. The molecular formula is C27H26N6O. The monoisotopic (exact) mass is 450 g/mol. The minimum absolute atomic E-state index is 0.0823. The van der Waals surface area contributed by atoms with E-state index in [0.29, 0.717) is 23.6 Å². The fourth-order valence-corrected chi connectivity index (χ4v) is 4.59. The van der Waals surface area contributed by atoms with E-state index in [1.165, 1.54) is 0 Å². The van der Waals surface area contributed by atoms with Crippen LogP contribution >= 0.6 is 0 Å². The Morgan fingerprint density at radius 3 is 2.38 bits per heavy atom.